The van der Waals surface area contributed by atoms with E-state index in [1.807, 2.05) is 0 Å². The van der Waals surface area contributed by atoms with Gasteiger partial charge in [-0.3, -0.25) is 0 Å². The molecule has 0 amide bonds. The van der Waals surface area contributed by atoms with E-state index < -0.39 is 32.8 Å². The van der Waals surface area contributed by atoms with Crippen LogP contribution in [0.2, 0.25) is 0 Å². The Kier molecular flexibility index (Phi) is 4.60. The van der Waals surface area contributed by atoms with Crippen LogP contribution in [-0.4, -0.2) is 14.8 Å². The molecule has 0 saturated carbocycles. The van der Waals surface area contributed by atoms with Gasteiger partial charge in [-0.2, -0.15) is 8.42 Å². The zero-order valence-corrected chi connectivity index (χ0v) is 14.4. The quantitative estimate of drug-likeness (QED) is 0.490. The zero-order valence-electron chi connectivity index (χ0n) is 13.6. The van der Waals surface area contributed by atoms with E-state index >= 15 is 0 Å². The second-order valence-corrected chi connectivity index (χ2v) is 7.01. The molecule has 0 N–H and O–H groups in total. The second-order valence-electron chi connectivity index (χ2n) is 5.47. The van der Waals surface area contributed by atoms with Crippen molar-refractivity contribution in [3.63, 3.8) is 0 Å². The summed E-state index contributed by atoms with van der Waals surface area (Å²) in [6, 6.07) is 9.12. The van der Waals surface area contributed by atoms with Crippen molar-refractivity contribution < 1.29 is 34.9 Å². The van der Waals surface area contributed by atoms with Crippen LogP contribution in [0.3, 0.4) is 0 Å². The van der Waals surface area contributed by atoms with Crippen molar-refractivity contribution >= 4 is 21.1 Å². The van der Waals surface area contributed by atoms with E-state index in [-0.39, 0.29) is 11.3 Å². The Morgan fingerprint density at radius 1 is 1.00 bits per heavy atom. The summed E-state index contributed by atoms with van der Waals surface area (Å²) in [5.74, 6) is -0.870. The predicted octanol–water partition coefficient (Wildman–Crippen LogP) is 3.77. The smallest absolute Gasteiger partial charge is 0.423 e. The molecule has 3 aromatic rings. The molecule has 0 fully saturated rings. The third-order valence-electron chi connectivity index (χ3n) is 3.46. The minimum atomic E-state index is -4.96. The molecule has 1 aromatic heterocycles. The van der Waals surface area contributed by atoms with Crippen LogP contribution in [0.5, 0.6) is 11.5 Å². The van der Waals surface area contributed by atoms with Gasteiger partial charge in [0.1, 0.15) is 22.0 Å². The van der Waals surface area contributed by atoms with E-state index in [9.17, 15) is 26.4 Å². The second kappa shape index (κ2) is 6.62. The first-order valence-corrected chi connectivity index (χ1v) is 8.79. The summed E-state index contributed by atoms with van der Waals surface area (Å²) in [7, 11) is -4.45. The molecule has 0 radical (unpaired) electrons. The SMILES string of the molecule is Cc1cc(=O)oc2cc(OS(=O)(=O)c3cccc(OC(F)(F)F)c3)ccc12. The monoisotopic (exact) mass is 400 g/mol. The molecule has 0 bridgehead atoms. The highest BCUT2D eigenvalue weighted by molar-refractivity contribution is 7.87. The average molecular weight is 400 g/mol. The standard InChI is InChI=1S/C17H11F3O6S/c1-10-7-16(21)24-15-9-12(5-6-14(10)15)26-27(22,23)13-4-2-3-11(8-13)25-17(18,19)20/h2-9H,1H3. The van der Waals surface area contributed by atoms with Gasteiger partial charge in [0.25, 0.3) is 0 Å². The number of benzene rings is 2. The lowest BCUT2D eigenvalue weighted by molar-refractivity contribution is -0.274. The molecule has 2 aromatic carbocycles. The topological polar surface area (TPSA) is 82.8 Å². The van der Waals surface area contributed by atoms with Crippen LogP contribution in [0.1, 0.15) is 5.56 Å². The maximum absolute atomic E-state index is 12.3. The van der Waals surface area contributed by atoms with Crippen molar-refractivity contribution in [2.45, 2.75) is 18.2 Å². The Labute approximate surface area is 150 Å². The van der Waals surface area contributed by atoms with Gasteiger partial charge in [-0.05, 0) is 36.8 Å². The fraction of sp³-hybridized carbons (Fsp3) is 0.118. The Bertz CT molecular complexity index is 1170. The molecule has 0 unspecified atom stereocenters. The van der Waals surface area contributed by atoms with Crippen molar-refractivity contribution in [1.82, 2.24) is 0 Å². The summed E-state index contributed by atoms with van der Waals surface area (Å²) in [6.45, 7) is 1.68. The third-order valence-corrected chi connectivity index (χ3v) is 4.70. The highest BCUT2D eigenvalue weighted by atomic mass is 32.2. The van der Waals surface area contributed by atoms with Gasteiger partial charge in [-0.25, -0.2) is 4.79 Å². The normalized spacial score (nSPS) is 12.1. The van der Waals surface area contributed by atoms with Crippen LogP contribution in [0.15, 0.2) is 62.6 Å². The van der Waals surface area contributed by atoms with Gasteiger partial charge in [-0.1, -0.05) is 6.07 Å². The lowest BCUT2D eigenvalue weighted by Gasteiger charge is -2.11. The highest BCUT2D eigenvalue weighted by Gasteiger charge is 2.31. The van der Waals surface area contributed by atoms with Gasteiger partial charge in [-0.15, -0.1) is 13.2 Å². The van der Waals surface area contributed by atoms with Gasteiger partial charge in [0.05, 0.1) is 0 Å². The Morgan fingerprint density at radius 2 is 1.74 bits per heavy atom. The number of hydrogen-bond donors (Lipinski definition) is 0. The molecule has 0 aliphatic rings. The zero-order chi connectivity index (χ0) is 19.8. The van der Waals surface area contributed by atoms with E-state index in [4.69, 9.17) is 8.60 Å². The van der Waals surface area contributed by atoms with E-state index in [2.05, 4.69) is 4.74 Å². The number of halogens is 3. The molecule has 0 aliphatic carbocycles. The molecule has 6 nitrogen and oxygen atoms in total. The van der Waals surface area contributed by atoms with Crippen molar-refractivity contribution in [3.8, 4) is 11.5 Å². The number of ether oxygens (including phenoxy) is 1. The van der Waals surface area contributed by atoms with Crippen LogP contribution in [0.4, 0.5) is 13.2 Å². The first kappa shape index (κ1) is 18.8. The van der Waals surface area contributed by atoms with E-state index in [1.54, 1.807) is 6.92 Å². The number of fused-ring (bicyclic) bond motifs is 1. The molecule has 0 aliphatic heterocycles. The largest absolute Gasteiger partial charge is 0.573 e. The van der Waals surface area contributed by atoms with E-state index in [0.29, 0.717) is 17.0 Å². The average Bonchev–Trinajstić information content (AvgIpc) is 2.52. The Morgan fingerprint density at radius 3 is 2.44 bits per heavy atom. The molecule has 1 heterocycles. The van der Waals surface area contributed by atoms with Crippen LogP contribution in [0.25, 0.3) is 11.0 Å². The van der Waals surface area contributed by atoms with Crippen molar-refractivity contribution in [2.24, 2.45) is 0 Å². The van der Waals surface area contributed by atoms with Crippen LogP contribution >= 0.6 is 0 Å². The predicted molar refractivity (Wildman–Crippen MR) is 88.2 cm³/mol. The lowest BCUT2D eigenvalue weighted by atomic mass is 10.1. The maximum Gasteiger partial charge on any atom is 0.573 e. The maximum atomic E-state index is 12.3. The van der Waals surface area contributed by atoms with Gasteiger partial charge in [0, 0.05) is 23.6 Å². The summed E-state index contributed by atoms with van der Waals surface area (Å²) in [5.41, 5.74) is 0.131. The Hall–Kier alpha value is -3.01. The first-order valence-electron chi connectivity index (χ1n) is 7.38. The third kappa shape index (κ3) is 4.40. The lowest BCUT2D eigenvalue weighted by Crippen LogP contribution is -2.17. The fourth-order valence-electron chi connectivity index (χ4n) is 2.36. The molecule has 0 spiro atoms. The highest BCUT2D eigenvalue weighted by Crippen LogP contribution is 2.28. The molecule has 142 valence electrons. The van der Waals surface area contributed by atoms with Crippen LogP contribution in [-0.2, 0) is 10.1 Å². The minimum Gasteiger partial charge on any atom is -0.423 e. The molecule has 3 rings (SSSR count). The number of alkyl halides is 3. The summed E-state index contributed by atoms with van der Waals surface area (Å²) in [6.07, 6.45) is -4.96. The molecule has 0 saturated heterocycles. The minimum absolute atomic E-state index is 0.113. The van der Waals surface area contributed by atoms with Gasteiger partial charge < -0.3 is 13.3 Å². The number of aryl methyl sites for hydroxylation is 1. The summed E-state index contributed by atoms with van der Waals surface area (Å²) in [5, 5.41) is 0.583. The van der Waals surface area contributed by atoms with Crippen molar-refractivity contribution in [2.75, 3.05) is 0 Å². The molecule has 10 heteroatoms. The van der Waals surface area contributed by atoms with Gasteiger partial charge in [0.15, 0.2) is 0 Å². The summed E-state index contributed by atoms with van der Waals surface area (Å²) < 4.78 is 75.2. The summed E-state index contributed by atoms with van der Waals surface area (Å²) in [4.78, 5) is 10.9. The van der Waals surface area contributed by atoms with Crippen LogP contribution in [0, 0.1) is 6.92 Å². The molecule has 27 heavy (non-hydrogen) atoms. The number of hydrogen-bond acceptors (Lipinski definition) is 6. The van der Waals surface area contributed by atoms with Crippen molar-refractivity contribution in [1.29, 1.82) is 0 Å². The molecular formula is C17H11F3O6S. The summed E-state index contributed by atoms with van der Waals surface area (Å²) >= 11 is 0. The van der Waals surface area contributed by atoms with Gasteiger partial charge in [0.2, 0.25) is 0 Å². The van der Waals surface area contributed by atoms with Crippen LogP contribution < -0.4 is 14.5 Å². The Balaban J connectivity index is 1.94. The molecular weight excluding hydrogens is 389 g/mol. The number of rotatable bonds is 4. The molecule has 0 atom stereocenters. The first-order chi connectivity index (χ1) is 12.5. The van der Waals surface area contributed by atoms with E-state index in [1.165, 1.54) is 24.3 Å². The van der Waals surface area contributed by atoms with Crippen molar-refractivity contribution in [3.05, 3.63) is 64.5 Å². The van der Waals surface area contributed by atoms with Gasteiger partial charge >= 0.3 is 22.1 Å². The fourth-order valence-corrected chi connectivity index (χ4v) is 3.32. The van der Waals surface area contributed by atoms with E-state index in [0.717, 1.165) is 18.2 Å².